The van der Waals surface area contributed by atoms with Crippen LogP contribution in [-0.2, 0) is 13.1 Å². The summed E-state index contributed by atoms with van der Waals surface area (Å²) < 4.78 is 10.7. The standard InChI is InChI=1S/C16H14N4O4/c1-9(15-18-14(19-24-15)10-2-4-17-5-3-10)20-6-11-12(16(21)22)8-23-13(11)7-20/h2-5,8-9H,6-7H2,1H3,(H,21,22). The molecule has 1 atom stereocenters. The van der Waals surface area contributed by atoms with Crippen LogP contribution in [0.3, 0.4) is 0 Å². The summed E-state index contributed by atoms with van der Waals surface area (Å²) >= 11 is 0. The molecule has 0 aliphatic carbocycles. The maximum absolute atomic E-state index is 11.2. The van der Waals surface area contributed by atoms with Gasteiger partial charge in [0.15, 0.2) is 0 Å². The predicted octanol–water partition coefficient (Wildman–Crippen LogP) is 2.50. The van der Waals surface area contributed by atoms with E-state index in [9.17, 15) is 9.90 Å². The van der Waals surface area contributed by atoms with E-state index in [1.807, 2.05) is 24.0 Å². The van der Waals surface area contributed by atoms with Crippen LogP contribution in [0, 0.1) is 0 Å². The molecule has 0 bridgehead atoms. The first-order valence-electron chi connectivity index (χ1n) is 7.44. The monoisotopic (exact) mass is 326 g/mol. The number of fused-ring (bicyclic) bond motifs is 1. The molecular weight excluding hydrogens is 312 g/mol. The highest BCUT2D eigenvalue weighted by molar-refractivity contribution is 5.89. The van der Waals surface area contributed by atoms with E-state index in [1.165, 1.54) is 6.26 Å². The van der Waals surface area contributed by atoms with E-state index in [0.717, 1.165) is 5.56 Å². The zero-order chi connectivity index (χ0) is 16.7. The van der Waals surface area contributed by atoms with Gasteiger partial charge >= 0.3 is 5.97 Å². The van der Waals surface area contributed by atoms with Gasteiger partial charge in [0.05, 0.1) is 12.6 Å². The molecule has 3 aromatic rings. The molecule has 122 valence electrons. The van der Waals surface area contributed by atoms with Gasteiger partial charge in [-0.1, -0.05) is 5.16 Å². The molecule has 0 saturated heterocycles. The van der Waals surface area contributed by atoms with Crippen molar-refractivity contribution in [3.8, 4) is 11.4 Å². The number of furan rings is 1. The molecule has 0 amide bonds. The van der Waals surface area contributed by atoms with Gasteiger partial charge in [0, 0.05) is 30.1 Å². The number of pyridine rings is 1. The van der Waals surface area contributed by atoms with Gasteiger partial charge in [0.25, 0.3) is 0 Å². The minimum absolute atomic E-state index is 0.155. The fourth-order valence-corrected chi connectivity index (χ4v) is 2.80. The summed E-state index contributed by atoms with van der Waals surface area (Å²) in [7, 11) is 0. The van der Waals surface area contributed by atoms with Crippen LogP contribution >= 0.6 is 0 Å². The summed E-state index contributed by atoms with van der Waals surface area (Å²) in [5, 5.41) is 13.2. The van der Waals surface area contributed by atoms with Crippen molar-refractivity contribution in [3.05, 3.63) is 53.6 Å². The maximum Gasteiger partial charge on any atom is 0.339 e. The van der Waals surface area contributed by atoms with Crippen LogP contribution in [0.4, 0.5) is 0 Å². The normalized spacial score (nSPS) is 15.4. The Morgan fingerprint density at radius 3 is 2.88 bits per heavy atom. The Labute approximate surface area is 136 Å². The van der Waals surface area contributed by atoms with Crippen LogP contribution < -0.4 is 0 Å². The topological polar surface area (TPSA) is 105 Å². The molecular formula is C16H14N4O4. The van der Waals surface area contributed by atoms with Crippen molar-refractivity contribution < 1.29 is 18.8 Å². The fourth-order valence-electron chi connectivity index (χ4n) is 2.80. The number of carbonyl (C=O) groups is 1. The number of aromatic nitrogens is 3. The van der Waals surface area contributed by atoms with Crippen LogP contribution in [0.2, 0.25) is 0 Å². The van der Waals surface area contributed by atoms with Gasteiger partial charge in [-0.25, -0.2) is 4.79 Å². The molecule has 0 radical (unpaired) electrons. The summed E-state index contributed by atoms with van der Waals surface area (Å²) in [5.74, 6) is 0.672. The molecule has 1 aliphatic heterocycles. The Bertz CT molecular complexity index is 887. The number of hydrogen-bond acceptors (Lipinski definition) is 7. The summed E-state index contributed by atoms with van der Waals surface area (Å²) in [4.78, 5) is 21.6. The maximum atomic E-state index is 11.2. The highest BCUT2D eigenvalue weighted by Crippen LogP contribution is 2.33. The number of rotatable bonds is 4. The number of hydrogen-bond donors (Lipinski definition) is 1. The number of nitrogens with zero attached hydrogens (tertiary/aromatic N) is 4. The summed E-state index contributed by atoms with van der Waals surface area (Å²) in [6.45, 7) is 2.93. The third-order valence-corrected chi connectivity index (χ3v) is 4.20. The number of carboxylic acid groups (broad SMARTS) is 1. The Morgan fingerprint density at radius 2 is 2.12 bits per heavy atom. The van der Waals surface area contributed by atoms with Gasteiger partial charge in [-0.05, 0) is 19.1 Å². The van der Waals surface area contributed by atoms with Crippen molar-refractivity contribution in [1.82, 2.24) is 20.0 Å². The Hall–Kier alpha value is -3.00. The van der Waals surface area contributed by atoms with Gasteiger partial charge in [-0.15, -0.1) is 0 Å². The van der Waals surface area contributed by atoms with Crippen molar-refractivity contribution in [2.24, 2.45) is 0 Å². The molecule has 24 heavy (non-hydrogen) atoms. The van der Waals surface area contributed by atoms with Crippen molar-refractivity contribution in [2.75, 3.05) is 0 Å². The number of aromatic carboxylic acids is 1. The van der Waals surface area contributed by atoms with E-state index in [2.05, 4.69) is 15.1 Å². The highest BCUT2D eigenvalue weighted by Gasteiger charge is 2.33. The van der Waals surface area contributed by atoms with Crippen LogP contribution in [0.5, 0.6) is 0 Å². The lowest BCUT2D eigenvalue weighted by Gasteiger charge is -2.19. The van der Waals surface area contributed by atoms with Crippen molar-refractivity contribution in [3.63, 3.8) is 0 Å². The third-order valence-electron chi connectivity index (χ3n) is 4.20. The zero-order valence-electron chi connectivity index (χ0n) is 12.8. The minimum Gasteiger partial charge on any atom is -0.478 e. The van der Waals surface area contributed by atoms with E-state index in [4.69, 9.17) is 8.94 Å². The molecule has 3 aromatic heterocycles. The molecule has 0 spiro atoms. The van der Waals surface area contributed by atoms with E-state index >= 15 is 0 Å². The van der Waals surface area contributed by atoms with Crippen molar-refractivity contribution >= 4 is 5.97 Å². The Kier molecular flexibility index (Phi) is 3.39. The van der Waals surface area contributed by atoms with Gasteiger partial charge in [-0.3, -0.25) is 9.88 Å². The predicted molar refractivity (Wildman–Crippen MR) is 80.9 cm³/mol. The lowest BCUT2D eigenvalue weighted by Crippen LogP contribution is -2.21. The third kappa shape index (κ3) is 2.37. The van der Waals surface area contributed by atoms with Crippen LogP contribution in [0.25, 0.3) is 11.4 Å². The quantitative estimate of drug-likeness (QED) is 0.779. The molecule has 8 nitrogen and oxygen atoms in total. The average molecular weight is 326 g/mol. The summed E-state index contributed by atoms with van der Waals surface area (Å²) in [5.41, 5.74) is 1.75. The molecule has 1 aliphatic rings. The fraction of sp³-hybridized carbons (Fsp3) is 0.250. The van der Waals surface area contributed by atoms with Gasteiger partial charge in [0.2, 0.25) is 11.7 Å². The molecule has 4 heterocycles. The summed E-state index contributed by atoms with van der Waals surface area (Å²) in [6, 6.07) is 3.46. The van der Waals surface area contributed by atoms with Crippen LogP contribution in [0.1, 0.15) is 40.5 Å². The first kappa shape index (κ1) is 14.6. The molecule has 0 fully saturated rings. The molecule has 4 rings (SSSR count). The average Bonchev–Trinajstić information content (AvgIpc) is 3.29. The first-order chi connectivity index (χ1) is 11.6. The van der Waals surface area contributed by atoms with Crippen molar-refractivity contribution in [1.29, 1.82) is 0 Å². The SMILES string of the molecule is CC(c1nc(-c2ccncc2)no1)N1Cc2occ(C(=O)O)c2C1. The van der Waals surface area contributed by atoms with E-state index in [0.29, 0.717) is 36.1 Å². The van der Waals surface area contributed by atoms with Gasteiger partial charge < -0.3 is 14.0 Å². The number of carboxylic acids is 1. The molecule has 8 heteroatoms. The second-order valence-corrected chi connectivity index (χ2v) is 5.63. The molecule has 1 N–H and O–H groups in total. The van der Waals surface area contributed by atoms with Gasteiger partial charge in [0.1, 0.15) is 17.6 Å². The van der Waals surface area contributed by atoms with Crippen molar-refractivity contribution in [2.45, 2.75) is 26.1 Å². The van der Waals surface area contributed by atoms with E-state index in [-0.39, 0.29) is 11.6 Å². The summed E-state index contributed by atoms with van der Waals surface area (Å²) in [6.07, 6.45) is 4.63. The smallest absolute Gasteiger partial charge is 0.339 e. The van der Waals surface area contributed by atoms with E-state index in [1.54, 1.807) is 12.4 Å². The minimum atomic E-state index is -0.979. The Morgan fingerprint density at radius 1 is 1.33 bits per heavy atom. The highest BCUT2D eigenvalue weighted by atomic mass is 16.5. The van der Waals surface area contributed by atoms with Gasteiger partial charge in [-0.2, -0.15) is 4.98 Å². The van der Waals surface area contributed by atoms with E-state index < -0.39 is 5.97 Å². The second kappa shape index (κ2) is 5.57. The zero-order valence-corrected chi connectivity index (χ0v) is 12.8. The molecule has 1 unspecified atom stereocenters. The molecule has 0 saturated carbocycles. The lowest BCUT2D eigenvalue weighted by molar-refractivity contribution is 0.0693. The first-order valence-corrected chi connectivity index (χ1v) is 7.44. The Balaban J connectivity index is 1.54. The lowest BCUT2D eigenvalue weighted by atomic mass is 10.2. The second-order valence-electron chi connectivity index (χ2n) is 5.63. The molecule has 0 aromatic carbocycles. The van der Waals surface area contributed by atoms with Crippen LogP contribution in [0.15, 0.2) is 39.7 Å². The largest absolute Gasteiger partial charge is 0.478 e. The van der Waals surface area contributed by atoms with Crippen LogP contribution in [-0.4, -0.2) is 31.1 Å².